The van der Waals surface area contributed by atoms with Crippen LogP contribution in [0.1, 0.15) is 32.6 Å². The zero-order valence-electron chi connectivity index (χ0n) is 13.8. The highest BCUT2D eigenvalue weighted by molar-refractivity contribution is 5.67. The molecule has 0 radical (unpaired) electrons. The van der Waals surface area contributed by atoms with Crippen molar-refractivity contribution in [1.29, 1.82) is 0 Å². The van der Waals surface area contributed by atoms with Crippen LogP contribution in [0.4, 0.5) is 13.2 Å². The highest BCUT2D eigenvalue weighted by Gasteiger charge is 2.49. The maximum absolute atomic E-state index is 12.9. The number of carbonyl (C=O) groups excluding carboxylic acids is 2. The molecule has 4 atom stereocenters. The van der Waals surface area contributed by atoms with E-state index in [0.29, 0.717) is 4.57 Å². The summed E-state index contributed by atoms with van der Waals surface area (Å²) in [6.45, 7) is 3.53. The smallest absolute Gasteiger partial charge is 0.423 e. The van der Waals surface area contributed by atoms with Crippen LogP contribution in [0.15, 0.2) is 15.8 Å². The number of halogens is 3. The first-order valence-corrected chi connectivity index (χ1v) is 7.34. The van der Waals surface area contributed by atoms with Gasteiger partial charge in [-0.3, -0.25) is 23.9 Å². The number of nitrogens with zero attached hydrogens (tertiary/aromatic N) is 1. The number of esters is 2. The third kappa shape index (κ3) is 3.95. The SMILES string of the molecule is CC(=O)O[C@@H]1[C@H](OC(C)=O)[C@@H](C)O[C@H]1n1cc(C(F)(F)F)c(=O)[nH]c1=O. The van der Waals surface area contributed by atoms with Crippen LogP contribution >= 0.6 is 0 Å². The summed E-state index contributed by atoms with van der Waals surface area (Å²) in [5.41, 5.74) is -4.46. The summed E-state index contributed by atoms with van der Waals surface area (Å²) in [6, 6.07) is 0. The van der Waals surface area contributed by atoms with Gasteiger partial charge in [0.1, 0.15) is 5.56 Å². The summed E-state index contributed by atoms with van der Waals surface area (Å²) in [4.78, 5) is 47.5. The molecule has 0 amide bonds. The number of aromatic amines is 1. The van der Waals surface area contributed by atoms with Crippen molar-refractivity contribution in [1.82, 2.24) is 9.55 Å². The highest BCUT2D eigenvalue weighted by atomic mass is 19.4. The van der Waals surface area contributed by atoms with Gasteiger partial charge in [-0.2, -0.15) is 13.2 Å². The molecule has 9 nitrogen and oxygen atoms in total. The lowest BCUT2D eigenvalue weighted by molar-refractivity contribution is -0.165. The van der Waals surface area contributed by atoms with Gasteiger partial charge >= 0.3 is 23.8 Å². The molecule has 1 saturated heterocycles. The largest absolute Gasteiger partial charge is 0.456 e. The number of H-pyrrole nitrogens is 1. The fraction of sp³-hybridized carbons (Fsp3) is 0.571. The van der Waals surface area contributed by atoms with Gasteiger partial charge in [-0.25, -0.2) is 4.79 Å². The lowest BCUT2D eigenvalue weighted by Crippen LogP contribution is -2.42. The molecule has 0 saturated carbocycles. The molecule has 12 heteroatoms. The lowest BCUT2D eigenvalue weighted by atomic mass is 10.1. The predicted octanol–water partition coefficient (Wildman–Crippen LogP) is 0.336. The van der Waals surface area contributed by atoms with E-state index in [4.69, 9.17) is 14.2 Å². The van der Waals surface area contributed by atoms with E-state index in [9.17, 15) is 32.3 Å². The minimum atomic E-state index is -5.03. The van der Waals surface area contributed by atoms with Crippen LogP contribution in [0.25, 0.3) is 0 Å². The molecule has 1 aliphatic rings. The minimum absolute atomic E-state index is 0.269. The second kappa shape index (κ2) is 6.94. The maximum atomic E-state index is 12.9. The van der Waals surface area contributed by atoms with Gasteiger partial charge in [-0.1, -0.05) is 0 Å². The summed E-state index contributed by atoms with van der Waals surface area (Å²) in [6.07, 6.45) is -9.75. The summed E-state index contributed by atoms with van der Waals surface area (Å²) in [5.74, 6) is -1.57. The van der Waals surface area contributed by atoms with Crippen molar-refractivity contribution >= 4 is 11.9 Å². The number of nitrogens with one attached hydrogen (secondary N) is 1. The van der Waals surface area contributed by atoms with Crippen molar-refractivity contribution in [2.45, 2.75) is 51.5 Å². The summed E-state index contributed by atoms with van der Waals surface area (Å²) in [5, 5.41) is 0. The number of hydrogen-bond donors (Lipinski definition) is 1. The van der Waals surface area contributed by atoms with Gasteiger partial charge in [0, 0.05) is 20.0 Å². The maximum Gasteiger partial charge on any atom is 0.423 e. The zero-order valence-corrected chi connectivity index (χ0v) is 13.8. The molecule has 0 aromatic carbocycles. The Hall–Kier alpha value is -2.63. The minimum Gasteiger partial charge on any atom is -0.456 e. The number of alkyl halides is 3. The number of rotatable bonds is 3. The molecule has 26 heavy (non-hydrogen) atoms. The first-order chi connectivity index (χ1) is 11.9. The van der Waals surface area contributed by atoms with Crippen molar-refractivity contribution in [3.63, 3.8) is 0 Å². The first kappa shape index (κ1) is 19.7. The third-order valence-corrected chi connectivity index (χ3v) is 3.57. The van der Waals surface area contributed by atoms with Crippen LogP contribution in [0.2, 0.25) is 0 Å². The molecule has 1 aromatic heterocycles. The van der Waals surface area contributed by atoms with Crippen molar-refractivity contribution in [2.75, 3.05) is 0 Å². The molecule has 2 rings (SSSR count). The van der Waals surface area contributed by atoms with E-state index in [-0.39, 0.29) is 6.20 Å². The van der Waals surface area contributed by atoms with Crippen molar-refractivity contribution < 1.29 is 37.0 Å². The number of ether oxygens (including phenoxy) is 3. The Morgan fingerprint density at radius 3 is 2.19 bits per heavy atom. The van der Waals surface area contributed by atoms with Gasteiger partial charge in [0.05, 0.1) is 6.10 Å². The average molecular weight is 380 g/mol. The molecule has 0 aliphatic carbocycles. The van der Waals surface area contributed by atoms with E-state index < -0.39 is 59.5 Å². The molecule has 0 spiro atoms. The Bertz CT molecular complexity index is 829. The van der Waals surface area contributed by atoms with Crippen LogP contribution in [-0.2, 0) is 30.0 Å². The summed E-state index contributed by atoms with van der Waals surface area (Å²) >= 11 is 0. The van der Waals surface area contributed by atoms with Crippen LogP contribution in [0.5, 0.6) is 0 Å². The highest BCUT2D eigenvalue weighted by Crippen LogP contribution is 2.34. The topological polar surface area (TPSA) is 117 Å². The molecular formula is C14H15F3N2O7. The Balaban J connectivity index is 2.55. The van der Waals surface area contributed by atoms with E-state index in [2.05, 4.69) is 0 Å². The second-order valence-electron chi connectivity index (χ2n) is 5.59. The van der Waals surface area contributed by atoms with E-state index in [1.807, 2.05) is 0 Å². The fourth-order valence-corrected chi connectivity index (χ4v) is 2.58. The molecule has 2 heterocycles. The Morgan fingerprint density at radius 1 is 1.15 bits per heavy atom. The molecule has 144 valence electrons. The van der Waals surface area contributed by atoms with Gasteiger partial charge in [0.2, 0.25) is 0 Å². The number of aromatic nitrogens is 2. The number of hydrogen-bond acceptors (Lipinski definition) is 7. The monoisotopic (exact) mass is 380 g/mol. The standard InChI is InChI=1S/C14H15F3N2O7/c1-5-9(25-6(2)20)10(26-7(3)21)12(24-5)19-4-8(14(15,16)17)11(22)18-13(19)23/h4-5,9-10,12H,1-3H3,(H,18,22,23)/t5-,9-,10-,12-/m1/s1. The second-order valence-corrected chi connectivity index (χ2v) is 5.59. The fourth-order valence-electron chi connectivity index (χ4n) is 2.58. The average Bonchev–Trinajstić information content (AvgIpc) is 2.73. The van der Waals surface area contributed by atoms with Gasteiger partial charge in [0.25, 0.3) is 5.56 Å². The van der Waals surface area contributed by atoms with Crippen LogP contribution in [0, 0.1) is 0 Å². The Morgan fingerprint density at radius 2 is 1.69 bits per heavy atom. The van der Waals surface area contributed by atoms with E-state index in [0.717, 1.165) is 13.8 Å². The van der Waals surface area contributed by atoms with Crippen molar-refractivity contribution in [2.24, 2.45) is 0 Å². The van der Waals surface area contributed by atoms with Crippen LogP contribution in [-0.4, -0.2) is 39.8 Å². The van der Waals surface area contributed by atoms with Crippen LogP contribution in [0.3, 0.4) is 0 Å². The summed E-state index contributed by atoms with van der Waals surface area (Å²) < 4.78 is 54.7. The molecule has 1 aliphatic heterocycles. The van der Waals surface area contributed by atoms with Crippen LogP contribution < -0.4 is 11.2 Å². The van der Waals surface area contributed by atoms with Gasteiger partial charge < -0.3 is 14.2 Å². The van der Waals surface area contributed by atoms with E-state index in [1.54, 1.807) is 0 Å². The van der Waals surface area contributed by atoms with Gasteiger partial charge in [-0.05, 0) is 6.92 Å². The molecule has 0 unspecified atom stereocenters. The first-order valence-electron chi connectivity index (χ1n) is 7.34. The quantitative estimate of drug-likeness (QED) is 0.752. The molecule has 0 bridgehead atoms. The third-order valence-electron chi connectivity index (χ3n) is 3.57. The summed E-state index contributed by atoms with van der Waals surface area (Å²) in [7, 11) is 0. The Labute approximate surface area is 143 Å². The van der Waals surface area contributed by atoms with Crippen molar-refractivity contribution in [3.05, 3.63) is 32.6 Å². The molecule has 1 fully saturated rings. The lowest BCUT2D eigenvalue weighted by Gasteiger charge is -2.24. The van der Waals surface area contributed by atoms with E-state index in [1.165, 1.54) is 11.9 Å². The normalized spacial score (nSPS) is 25.8. The van der Waals surface area contributed by atoms with E-state index >= 15 is 0 Å². The van der Waals surface area contributed by atoms with Crippen molar-refractivity contribution in [3.8, 4) is 0 Å². The predicted molar refractivity (Wildman–Crippen MR) is 77.0 cm³/mol. The number of carbonyl (C=O) groups is 2. The van der Waals surface area contributed by atoms with Gasteiger partial charge in [-0.15, -0.1) is 0 Å². The van der Waals surface area contributed by atoms with Gasteiger partial charge in [0.15, 0.2) is 18.4 Å². The zero-order chi connectivity index (χ0) is 19.8. The molecule has 1 N–H and O–H groups in total. The molecule has 1 aromatic rings. The Kier molecular flexibility index (Phi) is 5.26. The molecular weight excluding hydrogens is 365 g/mol.